The zero-order chi connectivity index (χ0) is 9.84. The Morgan fingerprint density at radius 1 is 1.69 bits per heavy atom. The van der Waals surface area contributed by atoms with Gasteiger partial charge in [-0.1, -0.05) is 6.92 Å². The average Bonchev–Trinajstić information content (AvgIpc) is 2.52. The van der Waals surface area contributed by atoms with Gasteiger partial charge in [0, 0.05) is 13.2 Å². The minimum Gasteiger partial charge on any atom is -0.480 e. The number of carboxylic acid groups (broad SMARTS) is 1. The van der Waals surface area contributed by atoms with Gasteiger partial charge in [0.1, 0.15) is 6.04 Å². The summed E-state index contributed by atoms with van der Waals surface area (Å²) < 4.78 is 5.02. The van der Waals surface area contributed by atoms with E-state index in [2.05, 4.69) is 12.2 Å². The van der Waals surface area contributed by atoms with Crippen molar-refractivity contribution in [3.8, 4) is 0 Å². The molecule has 1 aliphatic heterocycles. The Hall–Kier alpha value is -0.610. The summed E-state index contributed by atoms with van der Waals surface area (Å²) in [5.41, 5.74) is 0. The average molecular weight is 187 g/mol. The largest absolute Gasteiger partial charge is 0.480 e. The molecule has 0 radical (unpaired) electrons. The van der Waals surface area contributed by atoms with Crippen LogP contribution in [0.25, 0.3) is 0 Å². The van der Waals surface area contributed by atoms with E-state index in [0.29, 0.717) is 18.6 Å². The number of ether oxygens (including phenoxy) is 1. The van der Waals surface area contributed by atoms with E-state index in [1.54, 1.807) is 7.11 Å². The number of aliphatic carboxylic acids is 1. The number of carbonyl (C=O) groups is 1. The smallest absolute Gasteiger partial charge is 0.320 e. The van der Waals surface area contributed by atoms with Gasteiger partial charge in [-0.2, -0.15) is 0 Å². The van der Waals surface area contributed by atoms with Crippen molar-refractivity contribution >= 4 is 5.97 Å². The Kier molecular flexibility index (Phi) is 3.69. The summed E-state index contributed by atoms with van der Waals surface area (Å²) in [6, 6.07) is -0.0645. The molecule has 13 heavy (non-hydrogen) atoms. The molecule has 3 atom stereocenters. The van der Waals surface area contributed by atoms with E-state index in [-0.39, 0.29) is 6.04 Å². The van der Waals surface area contributed by atoms with Crippen molar-refractivity contribution in [2.45, 2.75) is 31.8 Å². The van der Waals surface area contributed by atoms with Crippen molar-refractivity contribution in [1.29, 1.82) is 0 Å². The summed E-state index contributed by atoms with van der Waals surface area (Å²) in [7, 11) is 1.67. The van der Waals surface area contributed by atoms with Gasteiger partial charge in [0.2, 0.25) is 0 Å². The number of hydrogen-bond donors (Lipinski definition) is 2. The van der Waals surface area contributed by atoms with Gasteiger partial charge in [0.25, 0.3) is 0 Å². The molecule has 4 heteroatoms. The molecule has 0 spiro atoms. The van der Waals surface area contributed by atoms with Crippen molar-refractivity contribution < 1.29 is 14.6 Å². The molecular formula is C9H17NO3. The lowest BCUT2D eigenvalue weighted by Crippen LogP contribution is -2.39. The first-order valence-electron chi connectivity index (χ1n) is 4.63. The first-order valence-corrected chi connectivity index (χ1v) is 4.63. The Morgan fingerprint density at radius 2 is 2.38 bits per heavy atom. The van der Waals surface area contributed by atoms with Gasteiger partial charge >= 0.3 is 5.97 Å². The van der Waals surface area contributed by atoms with Crippen LogP contribution in [0, 0.1) is 5.92 Å². The molecule has 0 amide bonds. The van der Waals surface area contributed by atoms with Gasteiger partial charge in [-0.25, -0.2) is 0 Å². The fourth-order valence-electron chi connectivity index (χ4n) is 1.79. The number of nitrogens with one attached hydrogen (secondary N) is 1. The lowest BCUT2D eigenvalue weighted by Gasteiger charge is -2.18. The third-order valence-corrected chi connectivity index (χ3v) is 2.60. The predicted octanol–water partition coefficient (Wildman–Crippen LogP) is 0.474. The maximum atomic E-state index is 10.6. The Bertz CT molecular complexity index is 184. The molecule has 2 N–H and O–H groups in total. The SMILES string of the molecule is COCC(C)C1CCC(C(=O)O)N1. The molecule has 1 rings (SSSR count). The number of carboxylic acids is 1. The molecule has 3 unspecified atom stereocenters. The Balaban J connectivity index is 2.35. The van der Waals surface area contributed by atoms with E-state index in [1.165, 1.54) is 0 Å². The summed E-state index contributed by atoms with van der Waals surface area (Å²) in [6.07, 6.45) is 1.66. The van der Waals surface area contributed by atoms with Crippen LogP contribution in [0.3, 0.4) is 0 Å². The molecule has 0 aromatic heterocycles. The first kappa shape index (κ1) is 10.5. The Morgan fingerprint density at radius 3 is 2.85 bits per heavy atom. The van der Waals surface area contributed by atoms with E-state index in [0.717, 1.165) is 12.8 Å². The highest BCUT2D eigenvalue weighted by molar-refractivity contribution is 5.73. The normalized spacial score (nSPS) is 30.3. The van der Waals surface area contributed by atoms with Crippen LogP contribution in [0.15, 0.2) is 0 Å². The summed E-state index contributed by atoms with van der Waals surface area (Å²) in [5.74, 6) is -0.360. The number of methoxy groups -OCH3 is 1. The molecule has 1 saturated heterocycles. The zero-order valence-electron chi connectivity index (χ0n) is 8.12. The first-order chi connectivity index (χ1) is 6.15. The van der Waals surface area contributed by atoms with Crippen molar-refractivity contribution in [2.75, 3.05) is 13.7 Å². The van der Waals surface area contributed by atoms with Crippen LogP contribution < -0.4 is 5.32 Å². The fraction of sp³-hybridized carbons (Fsp3) is 0.889. The van der Waals surface area contributed by atoms with Gasteiger partial charge in [0.15, 0.2) is 0 Å². The molecule has 0 bridgehead atoms. The third-order valence-electron chi connectivity index (χ3n) is 2.60. The van der Waals surface area contributed by atoms with Crippen LogP contribution in [0.4, 0.5) is 0 Å². The lowest BCUT2D eigenvalue weighted by molar-refractivity contribution is -0.139. The fourth-order valence-corrected chi connectivity index (χ4v) is 1.79. The van der Waals surface area contributed by atoms with Crippen LogP contribution in [0.2, 0.25) is 0 Å². The highest BCUT2D eigenvalue weighted by Gasteiger charge is 2.31. The second kappa shape index (κ2) is 4.58. The highest BCUT2D eigenvalue weighted by atomic mass is 16.5. The topological polar surface area (TPSA) is 58.6 Å². The second-order valence-corrected chi connectivity index (χ2v) is 3.67. The number of rotatable bonds is 4. The van der Waals surface area contributed by atoms with Crippen LogP contribution in [-0.4, -0.2) is 36.9 Å². The van der Waals surface area contributed by atoms with Crippen LogP contribution in [0.5, 0.6) is 0 Å². The quantitative estimate of drug-likeness (QED) is 0.672. The van der Waals surface area contributed by atoms with Gasteiger partial charge in [-0.05, 0) is 18.8 Å². The molecule has 1 aliphatic rings. The van der Waals surface area contributed by atoms with Gasteiger partial charge in [0.05, 0.1) is 6.61 Å². The van der Waals surface area contributed by atoms with Crippen LogP contribution >= 0.6 is 0 Å². The summed E-state index contributed by atoms with van der Waals surface area (Å²) in [5, 5.41) is 11.8. The van der Waals surface area contributed by atoms with Crippen molar-refractivity contribution in [1.82, 2.24) is 5.32 Å². The standard InChI is InChI=1S/C9H17NO3/c1-6(5-13-2)7-3-4-8(10-7)9(11)12/h6-8,10H,3-5H2,1-2H3,(H,11,12). The minimum absolute atomic E-state index is 0.293. The van der Waals surface area contributed by atoms with Crippen molar-refractivity contribution in [2.24, 2.45) is 5.92 Å². The van der Waals surface area contributed by atoms with Gasteiger partial charge in [-0.3, -0.25) is 4.79 Å². The van der Waals surface area contributed by atoms with E-state index < -0.39 is 5.97 Å². The monoisotopic (exact) mass is 187 g/mol. The van der Waals surface area contributed by atoms with Crippen LogP contribution in [0.1, 0.15) is 19.8 Å². The molecule has 0 aromatic rings. The van der Waals surface area contributed by atoms with Crippen molar-refractivity contribution in [3.63, 3.8) is 0 Å². The molecular weight excluding hydrogens is 170 g/mol. The van der Waals surface area contributed by atoms with Crippen LogP contribution in [-0.2, 0) is 9.53 Å². The maximum absolute atomic E-state index is 10.6. The second-order valence-electron chi connectivity index (χ2n) is 3.67. The van der Waals surface area contributed by atoms with E-state index in [1.807, 2.05) is 0 Å². The molecule has 76 valence electrons. The maximum Gasteiger partial charge on any atom is 0.320 e. The Labute approximate surface area is 78.3 Å². The third kappa shape index (κ3) is 2.67. The predicted molar refractivity (Wildman–Crippen MR) is 48.6 cm³/mol. The minimum atomic E-state index is -0.743. The number of hydrogen-bond acceptors (Lipinski definition) is 3. The summed E-state index contributed by atoms with van der Waals surface area (Å²) >= 11 is 0. The van der Waals surface area contributed by atoms with E-state index in [9.17, 15) is 4.79 Å². The van der Waals surface area contributed by atoms with E-state index in [4.69, 9.17) is 9.84 Å². The highest BCUT2D eigenvalue weighted by Crippen LogP contribution is 2.19. The molecule has 4 nitrogen and oxygen atoms in total. The molecule has 0 saturated carbocycles. The summed E-state index contributed by atoms with van der Waals surface area (Å²) in [6.45, 7) is 2.76. The molecule has 1 fully saturated rings. The van der Waals surface area contributed by atoms with Gasteiger partial charge < -0.3 is 15.2 Å². The molecule has 0 aromatic carbocycles. The van der Waals surface area contributed by atoms with Crippen molar-refractivity contribution in [3.05, 3.63) is 0 Å². The molecule has 0 aliphatic carbocycles. The zero-order valence-corrected chi connectivity index (χ0v) is 8.12. The molecule has 1 heterocycles. The lowest BCUT2D eigenvalue weighted by atomic mass is 10.0. The van der Waals surface area contributed by atoms with E-state index >= 15 is 0 Å². The summed E-state index contributed by atoms with van der Waals surface area (Å²) in [4.78, 5) is 10.6. The van der Waals surface area contributed by atoms with Gasteiger partial charge in [-0.15, -0.1) is 0 Å².